The van der Waals surface area contributed by atoms with Gasteiger partial charge in [0.15, 0.2) is 0 Å². The first kappa shape index (κ1) is 60.3. The molecule has 3 atom stereocenters. The predicted octanol–water partition coefficient (Wildman–Crippen LogP) is 23.9. The highest BCUT2D eigenvalue weighted by Crippen LogP contribution is 2.53. The van der Waals surface area contributed by atoms with E-state index in [1.165, 1.54) is 31.1 Å². The second-order valence-corrected chi connectivity index (χ2v) is 28.2. The summed E-state index contributed by atoms with van der Waals surface area (Å²) in [5.41, 5.74) is 19.5. The van der Waals surface area contributed by atoms with E-state index >= 15 is 0 Å². The molecule has 5 aliphatic rings. The SMILES string of the molecule is N#Cc1nc(-c2ccc3ccccc3c2)c2c(C3=CC=CCC3)n(C3=CC=C(c4cc5sc(-c6ccc(-n7c(-c8ccccc8)c8c(-c9ccccc9)nc(C#N)c(-c9ccccc9)c8c7-c7ccccc7)cn6)cc5s4)CCC=C3)c(C3C=CC=CC3)c2c1C1=CC2C=CC=CC2C=C1. The molecule has 0 bridgehead atoms. The first-order valence-electron chi connectivity index (χ1n) is 34.3. The number of fused-ring (bicyclic) bond motifs is 5. The number of pyridine rings is 3. The maximum atomic E-state index is 11.5. The molecule has 3 unspecified atom stereocenters. The van der Waals surface area contributed by atoms with Gasteiger partial charge in [0.05, 0.1) is 50.9 Å². The monoisotopic (exact) mass is 1320 g/mol. The minimum Gasteiger partial charge on any atom is -0.312 e. The minimum absolute atomic E-state index is 0.00577. The molecule has 7 heterocycles. The van der Waals surface area contributed by atoms with Crippen molar-refractivity contribution in [1.82, 2.24) is 24.1 Å². The van der Waals surface area contributed by atoms with Crippen molar-refractivity contribution in [3.05, 3.63) is 337 Å². The average Bonchev–Trinajstić information content (AvgIpc) is 1.54. The number of thiophene rings is 2. The van der Waals surface area contributed by atoms with Crippen LogP contribution in [0.15, 0.2) is 304 Å². The maximum Gasteiger partial charge on any atom is 0.149 e. The van der Waals surface area contributed by atoms with Gasteiger partial charge in [-0.05, 0) is 119 Å². The molecule has 0 amide bonds. The summed E-state index contributed by atoms with van der Waals surface area (Å²) in [6.07, 6.45) is 47.3. The third-order valence-electron chi connectivity index (χ3n) is 20.1. The van der Waals surface area contributed by atoms with Crippen LogP contribution < -0.4 is 0 Å². The van der Waals surface area contributed by atoms with E-state index in [9.17, 15) is 10.5 Å². The van der Waals surface area contributed by atoms with E-state index in [0.717, 1.165) is 159 Å². The summed E-state index contributed by atoms with van der Waals surface area (Å²) >= 11 is 3.63. The van der Waals surface area contributed by atoms with Crippen LogP contribution in [0.3, 0.4) is 0 Å². The van der Waals surface area contributed by atoms with Crippen molar-refractivity contribution >= 4 is 86.8 Å². The largest absolute Gasteiger partial charge is 0.312 e. The fourth-order valence-electron chi connectivity index (χ4n) is 15.5. The summed E-state index contributed by atoms with van der Waals surface area (Å²) in [5.74, 6) is 0.404. The molecule has 0 N–H and O–H groups in total. The van der Waals surface area contributed by atoms with Crippen LogP contribution in [0.25, 0.3) is 137 Å². The molecule has 0 radical (unpaired) electrons. The standard InChI is InChI=1S/C91H63N7S2/c92-55-74-80(61-28-7-1-8-29-61)82-84(86(95-74)62-30-9-2-10-31-62)91(66-38-17-6-18-39-66)98(89(82)64-34-13-4-14-35-64)72-49-50-73(94-57-72)77-54-79-78(100-77)53-76(99-79)60-27-23-24-42-71(48-47-60)97-88(63-32-11-3-12-33-63)83-81(69-45-43-58-25-19-21-40-67(58)51-69)75(56-93)96-87(85(83)90(97)65-36-15-5-16-37-65)70-46-44-59-26-20-22-41-68(59)52-70/h1-15,17-22,24-26,28-32,34-36,38-54,57-58,63,67H,16,23,27,33,37H2. The van der Waals surface area contributed by atoms with Gasteiger partial charge < -0.3 is 9.13 Å². The lowest BCUT2D eigenvalue weighted by Gasteiger charge is -2.25. The van der Waals surface area contributed by atoms with E-state index in [1.54, 1.807) is 11.3 Å². The van der Waals surface area contributed by atoms with Gasteiger partial charge in [0.25, 0.3) is 0 Å². The molecule has 7 aromatic heterocycles. The lowest BCUT2D eigenvalue weighted by Crippen LogP contribution is -2.13. The zero-order chi connectivity index (χ0) is 66.6. The molecule has 5 aliphatic carbocycles. The highest BCUT2D eigenvalue weighted by Gasteiger charge is 2.35. The van der Waals surface area contributed by atoms with Gasteiger partial charge in [0.2, 0.25) is 0 Å². The van der Waals surface area contributed by atoms with Crippen molar-refractivity contribution < 1.29 is 0 Å². The number of nitrogens with zero attached hydrogens (tertiary/aromatic N) is 7. The van der Waals surface area contributed by atoms with Crippen molar-refractivity contribution in [2.24, 2.45) is 11.8 Å². The molecular formula is C91H63N7S2. The molecule has 0 saturated carbocycles. The van der Waals surface area contributed by atoms with E-state index in [4.69, 9.17) is 15.0 Å². The van der Waals surface area contributed by atoms with E-state index < -0.39 is 0 Å². The van der Waals surface area contributed by atoms with Gasteiger partial charge in [-0.2, -0.15) is 10.5 Å². The van der Waals surface area contributed by atoms with Crippen LogP contribution in [0, 0.1) is 34.5 Å². The first-order valence-corrected chi connectivity index (χ1v) is 36.0. The Labute approximate surface area is 588 Å². The summed E-state index contributed by atoms with van der Waals surface area (Å²) in [4.78, 5) is 18.6. The van der Waals surface area contributed by atoms with Crippen LogP contribution >= 0.6 is 22.7 Å². The molecule has 7 nitrogen and oxygen atoms in total. The Balaban J connectivity index is 0.777. The third kappa shape index (κ3) is 10.6. The number of benzene rings is 6. The Hall–Kier alpha value is -12.1. The molecule has 0 spiro atoms. The van der Waals surface area contributed by atoms with Crippen molar-refractivity contribution in [2.45, 2.75) is 38.0 Å². The molecule has 0 aliphatic heterocycles. The van der Waals surface area contributed by atoms with Crippen LogP contribution in [0.1, 0.15) is 71.2 Å². The van der Waals surface area contributed by atoms with Gasteiger partial charge in [0, 0.05) is 87.2 Å². The van der Waals surface area contributed by atoms with Crippen LogP contribution in [0.2, 0.25) is 0 Å². The Kier molecular flexibility index (Phi) is 15.5. The second-order valence-electron chi connectivity index (χ2n) is 26.0. The normalized spacial score (nSPS) is 17.0. The van der Waals surface area contributed by atoms with Crippen molar-refractivity contribution in [3.63, 3.8) is 0 Å². The number of aromatic nitrogens is 5. The number of hydrogen-bond acceptors (Lipinski definition) is 7. The number of rotatable bonds is 12. The predicted molar refractivity (Wildman–Crippen MR) is 416 cm³/mol. The van der Waals surface area contributed by atoms with Gasteiger partial charge in [0.1, 0.15) is 23.5 Å². The van der Waals surface area contributed by atoms with Gasteiger partial charge in [-0.25, -0.2) is 9.97 Å². The fraction of sp³-hybridized carbons (Fsp3) is 0.0879. The quantitative estimate of drug-likeness (QED) is 0.121. The molecule has 13 aromatic rings. The third-order valence-corrected chi connectivity index (χ3v) is 22.5. The highest BCUT2D eigenvalue weighted by atomic mass is 32.1. The maximum absolute atomic E-state index is 11.5. The minimum atomic E-state index is -0.00577. The summed E-state index contributed by atoms with van der Waals surface area (Å²) in [7, 11) is 0. The number of allylic oxidation sites excluding steroid dienone is 22. The van der Waals surface area contributed by atoms with Gasteiger partial charge in [-0.15, -0.1) is 22.7 Å². The number of nitriles is 2. The molecule has 9 heteroatoms. The van der Waals surface area contributed by atoms with Crippen LogP contribution in [-0.4, -0.2) is 24.1 Å². The van der Waals surface area contributed by atoms with E-state index in [2.05, 4.69) is 276 Å². The van der Waals surface area contributed by atoms with Crippen molar-refractivity contribution in [3.8, 4) is 84.6 Å². The van der Waals surface area contributed by atoms with Crippen LogP contribution in [0.5, 0.6) is 0 Å². The molecule has 474 valence electrons. The zero-order valence-corrected chi connectivity index (χ0v) is 56.2. The van der Waals surface area contributed by atoms with Gasteiger partial charge in [-0.1, -0.05) is 255 Å². The topological polar surface area (TPSA) is 96.1 Å². The van der Waals surface area contributed by atoms with E-state index in [0.29, 0.717) is 11.4 Å². The Bertz CT molecular complexity index is 5910. The molecule has 100 heavy (non-hydrogen) atoms. The van der Waals surface area contributed by atoms with Gasteiger partial charge in [-0.3, -0.25) is 4.98 Å². The molecule has 0 saturated heterocycles. The molecule has 18 rings (SSSR count). The smallest absolute Gasteiger partial charge is 0.149 e. The Morgan fingerprint density at radius 1 is 0.450 bits per heavy atom. The van der Waals surface area contributed by atoms with E-state index in [-0.39, 0.29) is 17.8 Å². The van der Waals surface area contributed by atoms with E-state index in [1.807, 2.05) is 60.0 Å². The lowest BCUT2D eigenvalue weighted by atomic mass is 9.80. The fourth-order valence-corrected chi connectivity index (χ4v) is 18.0. The summed E-state index contributed by atoms with van der Waals surface area (Å²) < 4.78 is 7.37. The van der Waals surface area contributed by atoms with Crippen molar-refractivity contribution in [1.29, 1.82) is 10.5 Å². The highest BCUT2D eigenvalue weighted by molar-refractivity contribution is 7.30. The first-order chi connectivity index (χ1) is 49.5. The van der Waals surface area contributed by atoms with Crippen molar-refractivity contribution in [2.75, 3.05) is 0 Å². The van der Waals surface area contributed by atoms with Crippen LogP contribution in [-0.2, 0) is 0 Å². The Morgan fingerprint density at radius 3 is 1.78 bits per heavy atom. The summed E-state index contributed by atoms with van der Waals surface area (Å²) in [5, 5.41) is 29.0. The molecule has 0 fully saturated rings. The summed E-state index contributed by atoms with van der Waals surface area (Å²) in [6, 6.07) is 71.0. The van der Waals surface area contributed by atoms with Gasteiger partial charge >= 0.3 is 0 Å². The molecule has 6 aromatic carbocycles. The Morgan fingerprint density at radius 2 is 1.08 bits per heavy atom. The second kappa shape index (κ2) is 25.7. The zero-order valence-electron chi connectivity index (χ0n) is 54.6. The molecular weight excluding hydrogens is 1260 g/mol. The van der Waals surface area contributed by atoms with Crippen LogP contribution in [0.4, 0.5) is 0 Å². The number of hydrogen-bond donors (Lipinski definition) is 0. The summed E-state index contributed by atoms with van der Waals surface area (Å²) in [6.45, 7) is 0. The average molecular weight is 1320 g/mol. The lowest BCUT2D eigenvalue weighted by molar-refractivity contribution is 0.663.